The van der Waals surface area contributed by atoms with Gasteiger partial charge >= 0.3 is 5.97 Å². The maximum Gasteiger partial charge on any atom is 0.343 e. The second-order valence-corrected chi connectivity index (χ2v) is 9.68. The fraction of sp³-hybridized carbons (Fsp3) is 0.548. The molecule has 0 saturated heterocycles. The minimum Gasteiger partial charge on any atom is -0.494 e. The van der Waals surface area contributed by atoms with Crippen molar-refractivity contribution in [2.45, 2.75) is 90.4 Å². The number of ether oxygens (including phenoxy) is 3. The third kappa shape index (κ3) is 10.8. The predicted octanol–water partition coefficient (Wildman–Crippen LogP) is 8.59. The number of rotatable bonds is 16. The summed E-state index contributed by atoms with van der Waals surface area (Å²) in [7, 11) is 0. The van der Waals surface area contributed by atoms with Crippen LogP contribution in [0.5, 0.6) is 17.2 Å². The van der Waals surface area contributed by atoms with Crippen LogP contribution in [0.15, 0.2) is 48.5 Å². The van der Waals surface area contributed by atoms with Crippen LogP contribution in [-0.4, -0.2) is 19.2 Å². The molecule has 1 aliphatic rings. The molecule has 0 heterocycles. The molecule has 1 fully saturated rings. The highest BCUT2D eigenvalue weighted by Gasteiger charge is 2.14. The molecule has 4 nitrogen and oxygen atoms in total. The molecular formula is C31H43O4. The second-order valence-electron chi connectivity index (χ2n) is 9.68. The van der Waals surface area contributed by atoms with Gasteiger partial charge < -0.3 is 14.2 Å². The zero-order valence-electron chi connectivity index (χ0n) is 21.5. The second kappa shape index (κ2) is 16.2. The van der Waals surface area contributed by atoms with E-state index in [9.17, 15) is 4.79 Å². The summed E-state index contributed by atoms with van der Waals surface area (Å²) in [4.78, 5) is 12.5. The van der Waals surface area contributed by atoms with E-state index in [1.54, 1.807) is 24.3 Å². The fourth-order valence-electron chi connectivity index (χ4n) is 4.44. The van der Waals surface area contributed by atoms with Gasteiger partial charge in [-0.1, -0.05) is 58.3 Å². The number of carbonyl (C=O) groups excluding carboxylic acids is 1. The quantitative estimate of drug-likeness (QED) is 0.137. The molecular weight excluding hydrogens is 436 g/mol. The Balaban J connectivity index is 1.30. The Hall–Kier alpha value is -2.49. The molecule has 4 heteroatoms. The van der Waals surface area contributed by atoms with E-state index in [-0.39, 0.29) is 5.97 Å². The molecule has 3 rings (SSSR count). The topological polar surface area (TPSA) is 44.8 Å². The maximum absolute atomic E-state index is 12.5. The average molecular weight is 480 g/mol. The molecule has 191 valence electrons. The van der Waals surface area contributed by atoms with Crippen LogP contribution in [0.1, 0.15) is 101 Å². The molecule has 0 spiro atoms. The van der Waals surface area contributed by atoms with E-state index in [0.717, 1.165) is 24.5 Å². The van der Waals surface area contributed by atoms with Gasteiger partial charge in [-0.05, 0) is 93.0 Å². The van der Waals surface area contributed by atoms with Gasteiger partial charge in [0.1, 0.15) is 17.2 Å². The summed E-state index contributed by atoms with van der Waals surface area (Å²) in [5.74, 6) is 2.38. The number of hydrogen-bond donors (Lipinski definition) is 0. The minimum absolute atomic E-state index is 0.373. The molecule has 0 aromatic heterocycles. The molecule has 0 amide bonds. The summed E-state index contributed by atoms with van der Waals surface area (Å²) < 4.78 is 17.3. The zero-order valence-corrected chi connectivity index (χ0v) is 21.5. The van der Waals surface area contributed by atoms with Crippen molar-refractivity contribution in [3.8, 4) is 17.2 Å². The third-order valence-corrected chi connectivity index (χ3v) is 6.68. The molecule has 0 bridgehead atoms. The van der Waals surface area contributed by atoms with Crippen LogP contribution in [-0.2, 0) is 0 Å². The number of benzene rings is 2. The zero-order chi connectivity index (χ0) is 24.6. The summed E-state index contributed by atoms with van der Waals surface area (Å²) in [5.41, 5.74) is 0.509. The van der Waals surface area contributed by atoms with E-state index in [4.69, 9.17) is 14.2 Å². The minimum atomic E-state index is -0.373. The van der Waals surface area contributed by atoms with E-state index in [2.05, 4.69) is 13.3 Å². The van der Waals surface area contributed by atoms with Crippen LogP contribution < -0.4 is 14.2 Å². The lowest BCUT2D eigenvalue weighted by molar-refractivity contribution is 0.0734. The molecule has 1 saturated carbocycles. The van der Waals surface area contributed by atoms with Crippen molar-refractivity contribution in [1.82, 2.24) is 0 Å². The molecule has 0 aliphatic heterocycles. The van der Waals surface area contributed by atoms with Gasteiger partial charge in [0.2, 0.25) is 0 Å². The number of carbonyl (C=O) groups is 1. The van der Waals surface area contributed by atoms with E-state index in [1.807, 2.05) is 24.3 Å². The van der Waals surface area contributed by atoms with E-state index < -0.39 is 0 Å². The third-order valence-electron chi connectivity index (χ3n) is 6.68. The van der Waals surface area contributed by atoms with Crippen molar-refractivity contribution in [2.24, 2.45) is 5.92 Å². The highest BCUT2D eigenvalue weighted by Crippen LogP contribution is 2.25. The highest BCUT2D eigenvalue weighted by molar-refractivity contribution is 5.91. The molecule has 0 N–H and O–H groups in total. The van der Waals surface area contributed by atoms with Crippen LogP contribution in [0.3, 0.4) is 0 Å². The Morgan fingerprint density at radius 3 is 1.91 bits per heavy atom. The Labute approximate surface area is 212 Å². The van der Waals surface area contributed by atoms with Crippen molar-refractivity contribution >= 4 is 5.97 Å². The van der Waals surface area contributed by atoms with Crippen molar-refractivity contribution in [2.75, 3.05) is 13.2 Å². The van der Waals surface area contributed by atoms with Crippen molar-refractivity contribution < 1.29 is 19.0 Å². The molecule has 35 heavy (non-hydrogen) atoms. The normalized spacial score (nSPS) is 14.0. The van der Waals surface area contributed by atoms with Gasteiger partial charge in [-0.15, -0.1) is 0 Å². The van der Waals surface area contributed by atoms with Gasteiger partial charge in [-0.3, -0.25) is 0 Å². The van der Waals surface area contributed by atoms with E-state index >= 15 is 0 Å². The first-order valence-corrected chi connectivity index (χ1v) is 13.7. The SMILES string of the molecule is CCCCCCCCCCCOc1ccc(C(=O)Oc2ccc(OCC3CC[CH]CC3)cc2)cc1. The van der Waals surface area contributed by atoms with Crippen LogP contribution >= 0.6 is 0 Å². The Morgan fingerprint density at radius 1 is 0.714 bits per heavy atom. The molecule has 1 aliphatic carbocycles. The summed E-state index contributed by atoms with van der Waals surface area (Å²) in [6, 6.07) is 14.5. The van der Waals surface area contributed by atoms with Crippen LogP contribution in [0.2, 0.25) is 0 Å². The molecule has 0 unspecified atom stereocenters. The average Bonchev–Trinajstić information content (AvgIpc) is 2.90. The highest BCUT2D eigenvalue weighted by atomic mass is 16.5. The summed E-state index contributed by atoms with van der Waals surface area (Å²) >= 11 is 0. The van der Waals surface area contributed by atoms with Crippen LogP contribution in [0.4, 0.5) is 0 Å². The summed E-state index contributed by atoms with van der Waals surface area (Å²) in [5, 5.41) is 0. The lowest BCUT2D eigenvalue weighted by Crippen LogP contribution is -2.15. The van der Waals surface area contributed by atoms with Crippen LogP contribution in [0, 0.1) is 12.3 Å². The summed E-state index contributed by atoms with van der Waals surface area (Å²) in [6.45, 7) is 3.72. The molecule has 1 radical (unpaired) electrons. The fourth-order valence-corrected chi connectivity index (χ4v) is 4.44. The van der Waals surface area contributed by atoms with Crippen LogP contribution in [0.25, 0.3) is 0 Å². The predicted molar refractivity (Wildman–Crippen MR) is 142 cm³/mol. The first-order valence-electron chi connectivity index (χ1n) is 13.7. The van der Waals surface area contributed by atoms with Gasteiger partial charge in [-0.2, -0.15) is 0 Å². The number of unbranched alkanes of at least 4 members (excludes halogenated alkanes) is 8. The molecule has 2 aromatic carbocycles. The largest absolute Gasteiger partial charge is 0.494 e. The van der Waals surface area contributed by atoms with Gasteiger partial charge in [0.05, 0.1) is 18.8 Å². The van der Waals surface area contributed by atoms with E-state index in [0.29, 0.717) is 23.8 Å². The van der Waals surface area contributed by atoms with Gasteiger partial charge in [0, 0.05) is 0 Å². The van der Waals surface area contributed by atoms with Crippen molar-refractivity contribution in [3.05, 3.63) is 60.5 Å². The lowest BCUT2D eigenvalue weighted by Gasteiger charge is -2.21. The summed E-state index contributed by atoms with van der Waals surface area (Å²) in [6.07, 6.45) is 18.8. The molecule has 0 atom stereocenters. The number of hydrogen-bond acceptors (Lipinski definition) is 4. The van der Waals surface area contributed by atoms with Crippen molar-refractivity contribution in [3.63, 3.8) is 0 Å². The maximum atomic E-state index is 12.5. The van der Waals surface area contributed by atoms with Crippen molar-refractivity contribution in [1.29, 1.82) is 0 Å². The standard InChI is InChI=1S/C31H43O4/c1-2-3-4-5-6-7-8-9-13-24-33-28-18-16-27(17-19-28)31(32)35-30-22-20-29(21-23-30)34-25-26-14-11-10-12-15-26/h10,16-23,26H,2-9,11-15,24-25H2,1H3. The first-order chi connectivity index (χ1) is 17.2. The Bertz CT molecular complexity index is 822. The Morgan fingerprint density at radius 2 is 1.26 bits per heavy atom. The monoisotopic (exact) mass is 479 g/mol. The Kier molecular flexibility index (Phi) is 12.6. The lowest BCUT2D eigenvalue weighted by atomic mass is 9.90. The number of esters is 1. The smallest absolute Gasteiger partial charge is 0.343 e. The molecule has 2 aromatic rings. The van der Waals surface area contributed by atoms with Gasteiger partial charge in [0.25, 0.3) is 0 Å². The van der Waals surface area contributed by atoms with E-state index in [1.165, 1.54) is 77.0 Å². The van der Waals surface area contributed by atoms with Gasteiger partial charge in [-0.25, -0.2) is 4.79 Å². The first kappa shape index (κ1) is 27.1. The van der Waals surface area contributed by atoms with Gasteiger partial charge in [0.15, 0.2) is 0 Å².